The maximum absolute atomic E-state index is 8.98. The van der Waals surface area contributed by atoms with E-state index in [-0.39, 0.29) is 6.61 Å². The van der Waals surface area contributed by atoms with Crippen LogP contribution in [0.4, 0.5) is 5.69 Å². The van der Waals surface area contributed by atoms with Crippen LogP contribution in [-0.2, 0) is 6.61 Å². The van der Waals surface area contributed by atoms with Crippen molar-refractivity contribution in [1.82, 2.24) is 15.0 Å². The Kier molecular flexibility index (Phi) is 4.39. The number of anilines is 1. The van der Waals surface area contributed by atoms with Crippen molar-refractivity contribution in [3.05, 3.63) is 36.2 Å². The highest BCUT2D eigenvalue weighted by Crippen LogP contribution is 2.19. The van der Waals surface area contributed by atoms with Crippen LogP contribution in [0.5, 0.6) is 0 Å². The lowest BCUT2D eigenvalue weighted by Gasteiger charge is -2.18. The Balaban J connectivity index is 1.96. The van der Waals surface area contributed by atoms with E-state index in [0.29, 0.717) is 11.1 Å². The maximum atomic E-state index is 8.98. The first-order valence-electron chi connectivity index (χ1n) is 6.84. The molecular formula is C15H22N4O. The fraction of sp³-hybridized carbons (Fsp3) is 0.467. The lowest BCUT2D eigenvalue weighted by Crippen LogP contribution is -2.12. The average Bonchev–Trinajstić information content (AvgIpc) is 2.87. The third-order valence-electron chi connectivity index (χ3n) is 3.04. The minimum absolute atomic E-state index is 0.0908. The van der Waals surface area contributed by atoms with Gasteiger partial charge in [0.05, 0.1) is 18.5 Å². The molecule has 0 bridgehead atoms. The average molecular weight is 274 g/mol. The van der Waals surface area contributed by atoms with E-state index in [0.717, 1.165) is 24.3 Å². The van der Waals surface area contributed by atoms with Gasteiger partial charge in [-0.2, -0.15) is 0 Å². The zero-order valence-electron chi connectivity index (χ0n) is 12.3. The quantitative estimate of drug-likeness (QED) is 0.879. The smallest absolute Gasteiger partial charge is 0.109 e. The molecule has 0 aliphatic rings. The standard InChI is InChI=1S/C15H22N4O/c1-15(2,3)8-9-16-12-4-6-14(7-5-12)19-10-13(11-20)17-18-19/h4-7,10,16,20H,8-9,11H2,1-3H3. The Labute approximate surface area is 119 Å². The summed E-state index contributed by atoms with van der Waals surface area (Å²) in [6.45, 7) is 7.58. The number of aromatic nitrogens is 3. The van der Waals surface area contributed by atoms with Gasteiger partial charge in [0.2, 0.25) is 0 Å². The van der Waals surface area contributed by atoms with Crippen LogP contribution in [0.1, 0.15) is 32.9 Å². The molecule has 5 nitrogen and oxygen atoms in total. The van der Waals surface area contributed by atoms with E-state index in [1.807, 2.05) is 24.3 Å². The Morgan fingerprint density at radius 3 is 2.45 bits per heavy atom. The predicted octanol–water partition coefficient (Wildman–Crippen LogP) is 2.61. The molecule has 0 aliphatic heterocycles. The van der Waals surface area contributed by atoms with Crippen molar-refractivity contribution < 1.29 is 5.11 Å². The molecular weight excluding hydrogens is 252 g/mol. The highest BCUT2D eigenvalue weighted by molar-refractivity contribution is 5.48. The summed E-state index contributed by atoms with van der Waals surface area (Å²) in [5, 5.41) is 20.2. The molecule has 5 heteroatoms. The highest BCUT2D eigenvalue weighted by atomic mass is 16.3. The van der Waals surface area contributed by atoms with Crippen LogP contribution in [0, 0.1) is 5.41 Å². The molecule has 0 atom stereocenters. The molecule has 0 saturated heterocycles. The fourth-order valence-corrected chi connectivity index (χ4v) is 1.81. The van der Waals surface area contributed by atoms with Crippen LogP contribution < -0.4 is 5.32 Å². The van der Waals surface area contributed by atoms with E-state index in [1.54, 1.807) is 10.9 Å². The van der Waals surface area contributed by atoms with Gasteiger partial charge in [-0.3, -0.25) is 0 Å². The number of nitrogens with zero attached hydrogens (tertiary/aromatic N) is 3. The molecule has 0 unspecified atom stereocenters. The summed E-state index contributed by atoms with van der Waals surface area (Å²) in [5.74, 6) is 0. The first-order chi connectivity index (χ1) is 9.48. The summed E-state index contributed by atoms with van der Waals surface area (Å²) in [7, 11) is 0. The minimum atomic E-state index is -0.0908. The van der Waals surface area contributed by atoms with Crippen LogP contribution in [0.3, 0.4) is 0 Å². The third-order valence-corrected chi connectivity index (χ3v) is 3.04. The lowest BCUT2D eigenvalue weighted by atomic mass is 9.92. The summed E-state index contributed by atoms with van der Waals surface area (Å²) in [6, 6.07) is 8.01. The number of hydrogen-bond acceptors (Lipinski definition) is 4. The van der Waals surface area contributed by atoms with Gasteiger partial charge in [0.25, 0.3) is 0 Å². The van der Waals surface area contributed by atoms with Gasteiger partial charge in [-0.25, -0.2) is 4.68 Å². The van der Waals surface area contributed by atoms with Crippen molar-refractivity contribution >= 4 is 5.69 Å². The van der Waals surface area contributed by atoms with E-state index < -0.39 is 0 Å². The van der Waals surface area contributed by atoms with Crippen LogP contribution in [0.15, 0.2) is 30.5 Å². The van der Waals surface area contributed by atoms with Gasteiger partial charge in [0.15, 0.2) is 0 Å². The number of rotatable bonds is 5. The minimum Gasteiger partial charge on any atom is -0.390 e. The van der Waals surface area contributed by atoms with Crippen molar-refractivity contribution in [2.45, 2.75) is 33.8 Å². The van der Waals surface area contributed by atoms with Gasteiger partial charge < -0.3 is 10.4 Å². The van der Waals surface area contributed by atoms with Crippen molar-refractivity contribution in [1.29, 1.82) is 0 Å². The van der Waals surface area contributed by atoms with E-state index in [1.165, 1.54) is 0 Å². The van der Waals surface area contributed by atoms with Gasteiger partial charge >= 0.3 is 0 Å². The first-order valence-corrected chi connectivity index (χ1v) is 6.84. The molecule has 0 aliphatic carbocycles. The molecule has 0 amide bonds. The molecule has 1 aromatic heterocycles. The Morgan fingerprint density at radius 1 is 1.20 bits per heavy atom. The maximum Gasteiger partial charge on any atom is 0.109 e. The summed E-state index contributed by atoms with van der Waals surface area (Å²) in [6.07, 6.45) is 2.85. The van der Waals surface area contributed by atoms with E-state index in [2.05, 4.69) is 36.4 Å². The second-order valence-corrected chi connectivity index (χ2v) is 6.10. The predicted molar refractivity (Wildman–Crippen MR) is 79.8 cm³/mol. The number of aliphatic hydroxyl groups is 1. The molecule has 2 rings (SSSR count). The lowest BCUT2D eigenvalue weighted by molar-refractivity contribution is 0.276. The van der Waals surface area contributed by atoms with Crippen molar-refractivity contribution in [2.75, 3.05) is 11.9 Å². The summed E-state index contributed by atoms with van der Waals surface area (Å²) >= 11 is 0. The van der Waals surface area contributed by atoms with Gasteiger partial charge in [0, 0.05) is 12.2 Å². The van der Waals surface area contributed by atoms with Gasteiger partial charge in [0.1, 0.15) is 5.69 Å². The van der Waals surface area contributed by atoms with Crippen LogP contribution in [-0.4, -0.2) is 26.6 Å². The molecule has 2 aromatic rings. The Bertz CT molecular complexity index is 540. The molecule has 0 spiro atoms. The monoisotopic (exact) mass is 274 g/mol. The fourth-order valence-electron chi connectivity index (χ4n) is 1.81. The van der Waals surface area contributed by atoms with Gasteiger partial charge in [-0.1, -0.05) is 26.0 Å². The normalized spacial score (nSPS) is 11.6. The molecule has 108 valence electrons. The Hall–Kier alpha value is -1.88. The number of hydrogen-bond donors (Lipinski definition) is 2. The van der Waals surface area contributed by atoms with Crippen molar-refractivity contribution in [2.24, 2.45) is 5.41 Å². The van der Waals surface area contributed by atoms with Crippen LogP contribution >= 0.6 is 0 Å². The number of aliphatic hydroxyl groups excluding tert-OH is 1. The third kappa shape index (κ3) is 4.06. The van der Waals surface area contributed by atoms with Crippen molar-refractivity contribution in [3.8, 4) is 5.69 Å². The molecule has 1 heterocycles. The summed E-state index contributed by atoms with van der Waals surface area (Å²) in [4.78, 5) is 0. The molecule has 0 saturated carbocycles. The molecule has 0 fully saturated rings. The molecule has 0 radical (unpaired) electrons. The van der Waals surface area contributed by atoms with E-state index in [4.69, 9.17) is 5.11 Å². The number of nitrogens with one attached hydrogen (secondary N) is 1. The van der Waals surface area contributed by atoms with E-state index in [9.17, 15) is 0 Å². The SMILES string of the molecule is CC(C)(C)CCNc1ccc(-n2cc(CO)nn2)cc1. The second-order valence-electron chi connectivity index (χ2n) is 6.10. The van der Waals surface area contributed by atoms with Crippen LogP contribution in [0.25, 0.3) is 5.69 Å². The largest absolute Gasteiger partial charge is 0.390 e. The van der Waals surface area contributed by atoms with Gasteiger partial charge in [-0.05, 0) is 36.1 Å². The molecule has 2 N–H and O–H groups in total. The highest BCUT2D eigenvalue weighted by Gasteiger charge is 2.09. The zero-order valence-corrected chi connectivity index (χ0v) is 12.3. The second kappa shape index (κ2) is 6.05. The van der Waals surface area contributed by atoms with E-state index >= 15 is 0 Å². The van der Waals surface area contributed by atoms with Crippen molar-refractivity contribution in [3.63, 3.8) is 0 Å². The summed E-state index contributed by atoms with van der Waals surface area (Å²) in [5.41, 5.74) is 2.94. The molecule has 1 aromatic carbocycles. The van der Waals surface area contributed by atoms with Crippen LogP contribution in [0.2, 0.25) is 0 Å². The summed E-state index contributed by atoms with van der Waals surface area (Å²) < 4.78 is 1.66. The number of benzene rings is 1. The molecule has 20 heavy (non-hydrogen) atoms. The zero-order chi connectivity index (χ0) is 14.6. The Morgan fingerprint density at radius 2 is 1.90 bits per heavy atom. The van der Waals surface area contributed by atoms with Gasteiger partial charge in [-0.15, -0.1) is 5.10 Å². The first kappa shape index (κ1) is 14.5. The topological polar surface area (TPSA) is 63.0 Å².